The minimum Gasteiger partial charge on any atom is -0.487 e. The molecule has 0 saturated carbocycles. The Kier molecular flexibility index (Phi) is 4.41. The highest BCUT2D eigenvalue weighted by Crippen LogP contribution is 2.39. The van der Waals surface area contributed by atoms with Crippen LogP contribution in [0, 0.1) is 12.7 Å². The molecule has 144 valence electrons. The van der Waals surface area contributed by atoms with Crippen LogP contribution >= 0.6 is 0 Å². The summed E-state index contributed by atoms with van der Waals surface area (Å²) in [5.41, 5.74) is 1.85. The first-order valence-corrected chi connectivity index (χ1v) is 9.22. The summed E-state index contributed by atoms with van der Waals surface area (Å²) in [5, 5.41) is 7.83. The molecule has 2 heterocycles. The second-order valence-corrected chi connectivity index (χ2v) is 7.75. The zero-order valence-corrected chi connectivity index (χ0v) is 16.0. The Labute approximate surface area is 162 Å². The van der Waals surface area contributed by atoms with Crippen LogP contribution in [0.3, 0.4) is 0 Å². The lowest BCUT2D eigenvalue weighted by Crippen LogP contribution is -2.42. The first kappa shape index (κ1) is 18.2. The van der Waals surface area contributed by atoms with E-state index in [0.717, 1.165) is 22.0 Å². The van der Waals surface area contributed by atoms with Gasteiger partial charge in [0.15, 0.2) is 0 Å². The standard InChI is InChI=1S/C22H22FN3O2/c1-13-9-17-14(12-24-13)5-4-6-18(17)25-21(27)26-19-11-22(2,3)28-20-10-15(23)7-8-16(19)20/h4-10,12,19H,11H2,1-3H3,(H2,25,26,27)/t19-/m1/s1. The molecule has 0 fully saturated rings. The summed E-state index contributed by atoms with van der Waals surface area (Å²) in [4.78, 5) is 17.0. The molecule has 0 bridgehead atoms. The Morgan fingerprint density at radius 1 is 1.25 bits per heavy atom. The minimum atomic E-state index is -0.513. The number of hydrogen-bond acceptors (Lipinski definition) is 3. The van der Waals surface area contributed by atoms with Crippen molar-refractivity contribution in [2.45, 2.75) is 38.8 Å². The van der Waals surface area contributed by atoms with E-state index in [9.17, 15) is 9.18 Å². The highest BCUT2D eigenvalue weighted by atomic mass is 19.1. The zero-order valence-electron chi connectivity index (χ0n) is 16.0. The van der Waals surface area contributed by atoms with Gasteiger partial charge in [0.1, 0.15) is 17.2 Å². The topological polar surface area (TPSA) is 63.2 Å². The van der Waals surface area contributed by atoms with Crippen molar-refractivity contribution in [2.24, 2.45) is 0 Å². The van der Waals surface area contributed by atoms with Crippen molar-refractivity contribution in [1.82, 2.24) is 10.3 Å². The van der Waals surface area contributed by atoms with Crippen LogP contribution in [0.25, 0.3) is 10.8 Å². The summed E-state index contributed by atoms with van der Waals surface area (Å²) < 4.78 is 19.5. The third-order valence-electron chi connectivity index (χ3n) is 4.89. The molecular formula is C22H22FN3O2. The normalized spacial score (nSPS) is 17.5. The molecule has 1 atom stereocenters. The average Bonchev–Trinajstić information content (AvgIpc) is 2.60. The van der Waals surface area contributed by atoms with Crippen LogP contribution in [0.1, 0.15) is 37.6 Å². The van der Waals surface area contributed by atoms with Gasteiger partial charge in [0.05, 0.1) is 11.7 Å². The number of rotatable bonds is 2. The van der Waals surface area contributed by atoms with Crippen LogP contribution in [-0.4, -0.2) is 16.6 Å². The number of aromatic nitrogens is 1. The lowest BCUT2D eigenvalue weighted by molar-refractivity contribution is 0.0678. The number of nitrogens with zero attached hydrogens (tertiary/aromatic N) is 1. The van der Waals surface area contributed by atoms with Gasteiger partial charge in [0.25, 0.3) is 0 Å². The Bertz CT molecular complexity index is 1060. The maximum Gasteiger partial charge on any atom is 0.319 e. The summed E-state index contributed by atoms with van der Waals surface area (Å²) in [6, 6.07) is 11.5. The number of urea groups is 1. The van der Waals surface area contributed by atoms with Crippen molar-refractivity contribution in [2.75, 3.05) is 5.32 Å². The SMILES string of the molecule is Cc1cc2c(NC(=O)N[C@@H]3CC(C)(C)Oc4cc(F)ccc43)cccc2cn1. The molecule has 3 aromatic rings. The van der Waals surface area contributed by atoms with Gasteiger partial charge in [0.2, 0.25) is 0 Å². The van der Waals surface area contributed by atoms with E-state index in [0.29, 0.717) is 17.9 Å². The van der Waals surface area contributed by atoms with E-state index < -0.39 is 5.60 Å². The van der Waals surface area contributed by atoms with Gasteiger partial charge in [-0.2, -0.15) is 0 Å². The molecule has 2 N–H and O–H groups in total. The minimum absolute atomic E-state index is 0.280. The second kappa shape index (κ2) is 6.78. The van der Waals surface area contributed by atoms with Crippen molar-refractivity contribution in [3.8, 4) is 5.75 Å². The van der Waals surface area contributed by atoms with E-state index in [4.69, 9.17) is 4.74 Å². The molecule has 0 aliphatic carbocycles. The maximum atomic E-state index is 13.6. The fourth-order valence-electron chi connectivity index (χ4n) is 3.65. The van der Waals surface area contributed by atoms with Crippen molar-refractivity contribution in [3.63, 3.8) is 0 Å². The van der Waals surface area contributed by atoms with Crippen molar-refractivity contribution in [1.29, 1.82) is 0 Å². The number of halogens is 1. The third-order valence-corrected chi connectivity index (χ3v) is 4.89. The van der Waals surface area contributed by atoms with Crippen molar-refractivity contribution in [3.05, 3.63) is 65.7 Å². The third kappa shape index (κ3) is 3.63. The zero-order chi connectivity index (χ0) is 19.9. The fourth-order valence-corrected chi connectivity index (χ4v) is 3.65. The molecule has 1 aliphatic heterocycles. The lowest BCUT2D eigenvalue weighted by Gasteiger charge is -2.37. The Morgan fingerprint density at radius 3 is 2.89 bits per heavy atom. The second-order valence-electron chi connectivity index (χ2n) is 7.75. The molecule has 0 radical (unpaired) electrons. The van der Waals surface area contributed by atoms with Crippen LogP contribution in [-0.2, 0) is 0 Å². The number of fused-ring (bicyclic) bond motifs is 2. The number of carbonyl (C=O) groups excluding carboxylic acids is 1. The molecule has 2 amide bonds. The number of anilines is 1. The van der Waals surface area contributed by atoms with Gasteiger partial charge in [-0.25, -0.2) is 9.18 Å². The molecule has 1 aromatic heterocycles. The van der Waals surface area contributed by atoms with Gasteiger partial charge >= 0.3 is 6.03 Å². The molecule has 28 heavy (non-hydrogen) atoms. The van der Waals surface area contributed by atoms with E-state index in [1.165, 1.54) is 12.1 Å². The summed E-state index contributed by atoms with van der Waals surface area (Å²) in [7, 11) is 0. The van der Waals surface area contributed by atoms with Crippen LogP contribution in [0.15, 0.2) is 48.7 Å². The summed E-state index contributed by atoms with van der Waals surface area (Å²) in [5.74, 6) is 0.104. The first-order chi connectivity index (χ1) is 13.3. The summed E-state index contributed by atoms with van der Waals surface area (Å²) in [6.07, 6.45) is 2.37. The largest absolute Gasteiger partial charge is 0.487 e. The smallest absolute Gasteiger partial charge is 0.319 e. The Hall–Kier alpha value is -3.15. The molecule has 4 rings (SSSR count). The van der Waals surface area contributed by atoms with Crippen LogP contribution in [0.2, 0.25) is 0 Å². The van der Waals surface area contributed by atoms with E-state index in [1.807, 2.05) is 45.0 Å². The number of ether oxygens (including phenoxy) is 1. The number of nitrogens with one attached hydrogen (secondary N) is 2. The lowest BCUT2D eigenvalue weighted by atomic mass is 9.90. The molecule has 6 heteroatoms. The fraction of sp³-hybridized carbons (Fsp3) is 0.273. The summed E-state index contributed by atoms with van der Waals surface area (Å²) >= 11 is 0. The van der Waals surface area contributed by atoms with E-state index in [-0.39, 0.29) is 17.9 Å². The monoisotopic (exact) mass is 379 g/mol. The quantitative estimate of drug-likeness (QED) is 0.651. The van der Waals surface area contributed by atoms with Gasteiger partial charge in [-0.05, 0) is 39.0 Å². The van der Waals surface area contributed by atoms with Gasteiger partial charge in [-0.15, -0.1) is 0 Å². The predicted octanol–water partition coefficient (Wildman–Crippen LogP) is 5.11. The molecule has 0 unspecified atom stereocenters. The van der Waals surface area contributed by atoms with Crippen molar-refractivity contribution < 1.29 is 13.9 Å². The number of aryl methyl sites for hydroxylation is 1. The molecule has 0 spiro atoms. The van der Waals surface area contributed by atoms with Gasteiger partial charge in [-0.3, -0.25) is 4.98 Å². The Balaban J connectivity index is 1.59. The van der Waals surface area contributed by atoms with Crippen LogP contribution in [0.5, 0.6) is 5.75 Å². The number of benzene rings is 2. The number of hydrogen-bond donors (Lipinski definition) is 2. The van der Waals surface area contributed by atoms with Gasteiger partial charge in [0, 0.05) is 40.7 Å². The highest BCUT2D eigenvalue weighted by Gasteiger charge is 2.34. The van der Waals surface area contributed by atoms with Gasteiger partial charge < -0.3 is 15.4 Å². The summed E-state index contributed by atoms with van der Waals surface area (Å²) in [6.45, 7) is 5.76. The van der Waals surface area contributed by atoms with E-state index >= 15 is 0 Å². The predicted molar refractivity (Wildman–Crippen MR) is 107 cm³/mol. The van der Waals surface area contributed by atoms with Crippen molar-refractivity contribution >= 4 is 22.5 Å². The van der Waals surface area contributed by atoms with Gasteiger partial charge in [-0.1, -0.05) is 18.2 Å². The Morgan fingerprint density at radius 2 is 2.07 bits per heavy atom. The number of carbonyl (C=O) groups is 1. The van der Waals surface area contributed by atoms with E-state index in [2.05, 4.69) is 15.6 Å². The molecule has 1 aliphatic rings. The van der Waals surface area contributed by atoms with E-state index in [1.54, 1.807) is 12.3 Å². The molecule has 0 saturated heterocycles. The maximum absolute atomic E-state index is 13.6. The number of amides is 2. The average molecular weight is 379 g/mol. The molecular weight excluding hydrogens is 357 g/mol. The first-order valence-electron chi connectivity index (χ1n) is 9.22. The van der Waals surface area contributed by atoms with Crippen LogP contribution < -0.4 is 15.4 Å². The molecule has 2 aromatic carbocycles. The number of pyridine rings is 1. The van der Waals surface area contributed by atoms with Crippen LogP contribution in [0.4, 0.5) is 14.9 Å². The highest BCUT2D eigenvalue weighted by molar-refractivity contribution is 6.01. The molecule has 5 nitrogen and oxygen atoms in total.